The molecule has 0 spiro atoms. The van der Waals surface area contributed by atoms with Crippen molar-refractivity contribution in [1.82, 2.24) is 0 Å². The van der Waals surface area contributed by atoms with Crippen LogP contribution >= 0.6 is 0 Å². The molecule has 1 aliphatic heterocycles. The number of phenols is 9. The smallest absolute Gasteiger partial charge is 0.338 e. The van der Waals surface area contributed by atoms with Gasteiger partial charge >= 0.3 is 17.9 Å². The molecule has 1 fully saturated rings. The number of aromatic hydroxyl groups is 9. The summed E-state index contributed by atoms with van der Waals surface area (Å²) in [5.41, 5.74) is -1.33. The molecule has 17 nitrogen and oxygen atoms in total. The summed E-state index contributed by atoms with van der Waals surface area (Å²) in [4.78, 5) is 38.0. The fourth-order valence-corrected chi connectivity index (χ4v) is 4.05. The summed E-state index contributed by atoms with van der Waals surface area (Å²) >= 11 is 0. The molecule has 4 atom stereocenters. The number of esters is 3. The van der Waals surface area contributed by atoms with Gasteiger partial charge in [0.2, 0.25) is 0 Å². The second-order valence-corrected chi connectivity index (χ2v) is 9.38. The first kappa shape index (κ1) is 31.1. The summed E-state index contributed by atoms with van der Waals surface area (Å²) in [6.07, 6.45) is -6.99. The maximum atomic E-state index is 12.9. The van der Waals surface area contributed by atoms with Crippen LogP contribution < -0.4 is 0 Å². The maximum Gasteiger partial charge on any atom is 0.338 e. The van der Waals surface area contributed by atoms with E-state index in [0.29, 0.717) is 0 Å². The van der Waals surface area contributed by atoms with E-state index in [-0.39, 0.29) is 0 Å². The topological polar surface area (TPSA) is 290 Å². The lowest BCUT2D eigenvalue weighted by molar-refractivity contribution is -0.250. The molecule has 17 heteroatoms. The van der Waals surface area contributed by atoms with E-state index in [1.165, 1.54) is 0 Å². The van der Waals surface area contributed by atoms with Gasteiger partial charge in [0, 0.05) is 6.42 Å². The van der Waals surface area contributed by atoms with Crippen molar-refractivity contribution in [2.75, 3.05) is 6.61 Å². The van der Waals surface area contributed by atoms with Gasteiger partial charge in [-0.2, -0.15) is 0 Å². The largest absolute Gasteiger partial charge is 0.504 e. The number of carbonyl (C=O) groups excluding carboxylic acids is 3. The molecular formula is C27H24O17. The third-order valence-electron chi connectivity index (χ3n) is 6.32. The Kier molecular flexibility index (Phi) is 8.63. The zero-order valence-corrected chi connectivity index (χ0v) is 22.0. The number of rotatable bonds is 7. The summed E-state index contributed by atoms with van der Waals surface area (Å²) in [6.45, 7) is -0.747. The third-order valence-corrected chi connectivity index (χ3v) is 6.32. The van der Waals surface area contributed by atoms with Gasteiger partial charge in [-0.15, -0.1) is 0 Å². The first-order valence-electron chi connectivity index (χ1n) is 12.3. The van der Waals surface area contributed by atoms with Crippen molar-refractivity contribution in [2.45, 2.75) is 31.0 Å². The van der Waals surface area contributed by atoms with Crippen molar-refractivity contribution < 1.29 is 84.4 Å². The highest BCUT2D eigenvalue weighted by molar-refractivity contribution is 5.92. The van der Waals surface area contributed by atoms with Crippen molar-refractivity contribution in [2.24, 2.45) is 0 Å². The molecule has 0 bridgehead atoms. The molecule has 1 saturated heterocycles. The van der Waals surface area contributed by atoms with Crippen molar-refractivity contribution in [3.8, 4) is 51.7 Å². The van der Waals surface area contributed by atoms with Crippen LogP contribution in [0.2, 0.25) is 0 Å². The van der Waals surface area contributed by atoms with Gasteiger partial charge in [-0.05, 0) is 36.4 Å². The Hall–Kier alpha value is -5.81. The molecule has 0 radical (unpaired) electrons. The van der Waals surface area contributed by atoms with Gasteiger partial charge in [-0.3, -0.25) is 0 Å². The summed E-state index contributed by atoms with van der Waals surface area (Å²) in [7, 11) is 0. The Labute approximate surface area is 245 Å². The van der Waals surface area contributed by atoms with E-state index in [0.717, 1.165) is 36.4 Å². The van der Waals surface area contributed by atoms with E-state index in [4.69, 9.17) is 18.9 Å². The SMILES string of the molecule is O=C(OC[C@H]1O[C@@H](O)[C@H](OC(=O)c2cc(O)c(O)c(O)c2)C[C@@H]1OC(=O)c1cc(O)c(O)c(O)c1)c1cc(O)c(O)c(O)c1. The zero-order chi connectivity index (χ0) is 32.5. The lowest BCUT2D eigenvalue weighted by atomic mass is 10.0. The van der Waals surface area contributed by atoms with Crippen LogP contribution in [0.15, 0.2) is 36.4 Å². The lowest BCUT2D eigenvalue weighted by Crippen LogP contribution is -2.52. The number of benzene rings is 3. The fraction of sp³-hybridized carbons (Fsp3) is 0.222. The molecule has 234 valence electrons. The summed E-state index contributed by atoms with van der Waals surface area (Å²) in [5.74, 6) is -11.5. The molecule has 0 aromatic heterocycles. The van der Waals surface area contributed by atoms with Crippen LogP contribution in [0.1, 0.15) is 37.5 Å². The molecule has 10 N–H and O–H groups in total. The first-order chi connectivity index (χ1) is 20.7. The molecule has 0 aliphatic carbocycles. The van der Waals surface area contributed by atoms with Gasteiger partial charge < -0.3 is 70.0 Å². The average molecular weight is 620 g/mol. The Morgan fingerprint density at radius 1 is 0.591 bits per heavy atom. The van der Waals surface area contributed by atoms with Gasteiger partial charge in [0.05, 0.1) is 16.7 Å². The molecule has 1 aliphatic rings. The predicted molar refractivity (Wildman–Crippen MR) is 138 cm³/mol. The lowest BCUT2D eigenvalue weighted by Gasteiger charge is -2.38. The minimum atomic E-state index is -1.93. The van der Waals surface area contributed by atoms with E-state index in [1.807, 2.05) is 0 Å². The van der Waals surface area contributed by atoms with Gasteiger partial charge in [-0.1, -0.05) is 0 Å². The van der Waals surface area contributed by atoms with Crippen LogP contribution in [-0.4, -0.2) is 100 Å². The molecular weight excluding hydrogens is 596 g/mol. The minimum Gasteiger partial charge on any atom is -0.504 e. The second-order valence-electron chi connectivity index (χ2n) is 9.38. The van der Waals surface area contributed by atoms with Gasteiger partial charge in [0.25, 0.3) is 0 Å². The van der Waals surface area contributed by atoms with Gasteiger partial charge in [0.15, 0.2) is 64.1 Å². The van der Waals surface area contributed by atoms with Crippen molar-refractivity contribution >= 4 is 17.9 Å². The molecule has 4 rings (SSSR count). The monoisotopic (exact) mass is 620 g/mol. The quantitative estimate of drug-likeness (QED) is 0.0990. The summed E-state index contributed by atoms with van der Waals surface area (Å²) < 4.78 is 21.0. The summed E-state index contributed by atoms with van der Waals surface area (Å²) in [6, 6.07) is 4.60. The first-order valence-corrected chi connectivity index (χ1v) is 12.3. The highest BCUT2D eigenvalue weighted by Crippen LogP contribution is 2.38. The van der Waals surface area contributed by atoms with Crippen LogP contribution in [0, 0.1) is 0 Å². The van der Waals surface area contributed by atoms with Crippen molar-refractivity contribution in [1.29, 1.82) is 0 Å². The van der Waals surface area contributed by atoms with Crippen molar-refractivity contribution in [3.05, 3.63) is 53.1 Å². The Bertz CT molecular complexity index is 1550. The van der Waals surface area contributed by atoms with Crippen LogP contribution in [-0.2, 0) is 18.9 Å². The number of aliphatic hydroxyl groups is 1. The standard InChI is InChI=1S/C27H24O17/c28-12-1-9(2-13(29)21(12)34)24(37)41-8-20-18(42-25(38)10-3-14(30)22(35)15(31)4-10)7-19(27(40)44-20)43-26(39)11-5-16(32)23(36)17(33)6-11/h1-6,18-20,27-36,40H,7-8H2/t18-,19+,20+,27+/m0/s1. The average Bonchev–Trinajstić information content (AvgIpc) is 2.96. The number of hydrogen-bond donors (Lipinski definition) is 10. The number of carbonyl (C=O) groups is 3. The third kappa shape index (κ3) is 6.48. The molecule has 0 amide bonds. The fourth-order valence-electron chi connectivity index (χ4n) is 4.05. The molecule has 1 heterocycles. The van der Waals surface area contributed by atoms with E-state index in [2.05, 4.69) is 0 Å². The Balaban J connectivity index is 1.55. The number of aliphatic hydroxyl groups excluding tert-OH is 1. The number of phenolic OH excluding ortho intramolecular Hbond substituents is 9. The zero-order valence-electron chi connectivity index (χ0n) is 22.0. The Morgan fingerprint density at radius 2 is 0.932 bits per heavy atom. The molecule has 3 aromatic rings. The van der Waals surface area contributed by atoms with Crippen LogP contribution in [0.4, 0.5) is 0 Å². The molecule has 44 heavy (non-hydrogen) atoms. The van der Waals surface area contributed by atoms with Crippen molar-refractivity contribution in [3.63, 3.8) is 0 Å². The van der Waals surface area contributed by atoms with Gasteiger partial charge in [0.1, 0.15) is 18.8 Å². The van der Waals surface area contributed by atoms with E-state index in [1.54, 1.807) is 0 Å². The highest BCUT2D eigenvalue weighted by Gasteiger charge is 2.43. The van der Waals surface area contributed by atoms with E-state index < -0.39 is 124 Å². The molecule has 0 unspecified atom stereocenters. The normalized spacial score (nSPS) is 19.6. The van der Waals surface area contributed by atoms with E-state index >= 15 is 0 Å². The minimum absolute atomic E-state index is 0.412. The number of hydrogen-bond acceptors (Lipinski definition) is 17. The second kappa shape index (κ2) is 12.2. The maximum absolute atomic E-state index is 12.9. The van der Waals surface area contributed by atoms with E-state index in [9.17, 15) is 65.4 Å². The number of ether oxygens (including phenoxy) is 4. The van der Waals surface area contributed by atoms with Crippen LogP contribution in [0.3, 0.4) is 0 Å². The molecule has 3 aromatic carbocycles. The van der Waals surface area contributed by atoms with Crippen LogP contribution in [0.25, 0.3) is 0 Å². The summed E-state index contributed by atoms with van der Waals surface area (Å²) in [5, 5.41) is 97.2. The van der Waals surface area contributed by atoms with Crippen LogP contribution in [0.5, 0.6) is 51.7 Å². The molecule has 0 saturated carbocycles. The Morgan fingerprint density at radius 3 is 1.32 bits per heavy atom. The van der Waals surface area contributed by atoms with Gasteiger partial charge in [-0.25, -0.2) is 14.4 Å². The highest BCUT2D eigenvalue weighted by atomic mass is 16.7. The predicted octanol–water partition coefficient (Wildman–Crippen LogP) is 0.752.